The van der Waals surface area contributed by atoms with E-state index in [0.29, 0.717) is 21.6 Å². The molecule has 0 fully saturated rings. The summed E-state index contributed by atoms with van der Waals surface area (Å²) >= 11 is 21.9. The number of aliphatic imine (C=N–C) groups is 1. The van der Waals surface area contributed by atoms with Gasteiger partial charge in [0.15, 0.2) is 0 Å². The molecule has 1 atom stereocenters. The Morgan fingerprint density at radius 1 is 1.05 bits per heavy atom. The van der Waals surface area contributed by atoms with Crippen LogP contribution in [0.15, 0.2) is 45.9 Å². The molecule has 2 aromatic carbocycles. The summed E-state index contributed by atoms with van der Waals surface area (Å²) in [6.45, 7) is 2.90. The largest absolute Gasteiger partial charge is 0.288 e. The Morgan fingerprint density at radius 3 is 2.36 bits per heavy atom. The van der Waals surface area contributed by atoms with Gasteiger partial charge in [-0.15, -0.1) is 0 Å². The molecule has 2 aromatic rings. The lowest BCUT2D eigenvalue weighted by Gasteiger charge is -2.24. The summed E-state index contributed by atoms with van der Waals surface area (Å²) in [5.41, 5.74) is 3.15. The van der Waals surface area contributed by atoms with Crippen molar-refractivity contribution in [3.8, 4) is 0 Å². The molecule has 114 valence electrons. The van der Waals surface area contributed by atoms with E-state index in [1.165, 1.54) is 0 Å². The van der Waals surface area contributed by atoms with E-state index >= 15 is 0 Å². The Hall–Kier alpha value is -0.540. The maximum atomic E-state index is 6.19. The van der Waals surface area contributed by atoms with E-state index in [2.05, 4.69) is 22.9 Å². The van der Waals surface area contributed by atoms with Gasteiger partial charge in [-0.3, -0.25) is 4.99 Å². The van der Waals surface area contributed by atoms with Crippen molar-refractivity contribution in [3.05, 3.63) is 67.1 Å². The summed E-state index contributed by atoms with van der Waals surface area (Å²) in [7, 11) is 0. The van der Waals surface area contributed by atoms with Crippen LogP contribution in [0.25, 0.3) is 0 Å². The van der Waals surface area contributed by atoms with Crippen molar-refractivity contribution in [1.29, 1.82) is 0 Å². The molecule has 0 N–H and O–H groups in total. The Bertz CT molecular complexity index is 752. The molecule has 0 spiro atoms. The molecule has 0 aromatic heterocycles. The highest BCUT2D eigenvalue weighted by molar-refractivity contribution is 9.10. The lowest BCUT2D eigenvalue weighted by molar-refractivity contribution is 0.536. The van der Waals surface area contributed by atoms with E-state index in [9.17, 15) is 0 Å². The molecule has 5 heteroatoms. The molecule has 1 aliphatic rings. The lowest BCUT2D eigenvalue weighted by atomic mass is 9.79. The van der Waals surface area contributed by atoms with Crippen molar-refractivity contribution in [2.75, 3.05) is 6.54 Å². The zero-order chi connectivity index (χ0) is 15.9. The third-order valence-corrected chi connectivity index (χ3v) is 5.66. The fourth-order valence-electron chi connectivity index (χ4n) is 2.72. The van der Waals surface area contributed by atoms with Crippen LogP contribution in [0.3, 0.4) is 0 Å². The van der Waals surface area contributed by atoms with Gasteiger partial charge in [0.2, 0.25) is 0 Å². The molecular formula is C17H13BrCl3N. The van der Waals surface area contributed by atoms with Crippen LogP contribution in [0.2, 0.25) is 15.1 Å². The van der Waals surface area contributed by atoms with Gasteiger partial charge >= 0.3 is 0 Å². The van der Waals surface area contributed by atoms with Crippen LogP contribution in [0.5, 0.6) is 0 Å². The number of benzene rings is 2. The summed E-state index contributed by atoms with van der Waals surface area (Å²) in [5, 5.41) is 2.01. The van der Waals surface area contributed by atoms with E-state index in [4.69, 9.17) is 39.8 Å². The van der Waals surface area contributed by atoms with Crippen LogP contribution in [-0.2, 0) is 5.41 Å². The Kier molecular flexibility index (Phi) is 4.57. The first-order valence-corrected chi connectivity index (χ1v) is 8.75. The van der Waals surface area contributed by atoms with E-state index in [-0.39, 0.29) is 5.41 Å². The van der Waals surface area contributed by atoms with Gasteiger partial charge in [0.1, 0.15) is 0 Å². The third kappa shape index (κ3) is 3.21. The maximum absolute atomic E-state index is 6.19. The zero-order valence-electron chi connectivity index (χ0n) is 11.8. The van der Waals surface area contributed by atoms with Crippen LogP contribution in [0, 0.1) is 0 Å². The molecule has 1 aliphatic heterocycles. The van der Waals surface area contributed by atoms with Crippen LogP contribution in [0.1, 0.15) is 24.5 Å². The number of nitrogens with zero attached hydrogens (tertiary/aromatic N) is 1. The first-order chi connectivity index (χ1) is 10.4. The van der Waals surface area contributed by atoms with Crippen LogP contribution < -0.4 is 0 Å². The van der Waals surface area contributed by atoms with Crippen LogP contribution in [-0.4, -0.2) is 12.3 Å². The van der Waals surface area contributed by atoms with E-state index in [1.54, 1.807) is 6.07 Å². The van der Waals surface area contributed by atoms with Crippen molar-refractivity contribution in [1.82, 2.24) is 0 Å². The smallest absolute Gasteiger partial charge is 0.0554 e. The van der Waals surface area contributed by atoms with Gasteiger partial charge in [-0.1, -0.05) is 47.8 Å². The second-order valence-corrected chi connectivity index (χ2v) is 7.92. The molecule has 1 unspecified atom stereocenters. The van der Waals surface area contributed by atoms with Gasteiger partial charge in [-0.05, 0) is 57.4 Å². The van der Waals surface area contributed by atoms with Crippen molar-refractivity contribution in [2.45, 2.75) is 18.8 Å². The third-order valence-electron chi connectivity index (χ3n) is 3.99. The SMILES string of the molecule is CC1(c2cc(Cl)cc(Cl)c2)CN=C(c2ccc(Br)c(Cl)c2)C1. The van der Waals surface area contributed by atoms with E-state index < -0.39 is 0 Å². The maximum Gasteiger partial charge on any atom is 0.0554 e. The van der Waals surface area contributed by atoms with Gasteiger partial charge in [0.05, 0.1) is 5.02 Å². The predicted molar refractivity (Wildman–Crippen MR) is 99.0 cm³/mol. The molecular weight excluding hydrogens is 404 g/mol. The highest BCUT2D eigenvalue weighted by Crippen LogP contribution is 2.37. The highest BCUT2D eigenvalue weighted by atomic mass is 79.9. The summed E-state index contributed by atoms with van der Waals surface area (Å²) < 4.78 is 0.890. The minimum Gasteiger partial charge on any atom is -0.288 e. The molecule has 1 heterocycles. The molecule has 0 saturated heterocycles. The van der Waals surface area contributed by atoms with Gasteiger partial charge in [-0.25, -0.2) is 0 Å². The molecule has 0 amide bonds. The van der Waals surface area contributed by atoms with Crippen molar-refractivity contribution < 1.29 is 0 Å². The zero-order valence-corrected chi connectivity index (χ0v) is 15.7. The fourth-order valence-corrected chi connectivity index (χ4v) is 3.67. The fraction of sp³-hybridized carbons (Fsp3) is 0.235. The summed E-state index contributed by atoms with van der Waals surface area (Å²) in [4.78, 5) is 4.72. The van der Waals surface area contributed by atoms with Gasteiger partial charge < -0.3 is 0 Å². The Labute approximate surface area is 153 Å². The van der Waals surface area contributed by atoms with Crippen molar-refractivity contribution in [3.63, 3.8) is 0 Å². The van der Waals surface area contributed by atoms with Gasteiger partial charge in [-0.2, -0.15) is 0 Å². The van der Waals surface area contributed by atoms with Gasteiger partial charge in [0.25, 0.3) is 0 Å². The minimum absolute atomic E-state index is 0.0938. The number of halogens is 4. The molecule has 3 rings (SSSR count). The average Bonchev–Trinajstić information content (AvgIpc) is 2.85. The minimum atomic E-state index is -0.0938. The first kappa shape index (κ1) is 16.3. The summed E-state index contributed by atoms with van der Waals surface area (Å²) in [6, 6.07) is 11.6. The van der Waals surface area contributed by atoms with Crippen LogP contribution >= 0.6 is 50.7 Å². The molecule has 0 aliphatic carbocycles. The normalized spacial score (nSPS) is 21.0. The average molecular weight is 418 g/mol. The van der Waals surface area contributed by atoms with Gasteiger partial charge in [0, 0.05) is 38.6 Å². The monoisotopic (exact) mass is 415 g/mol. The highest BCUT2D eigenvalue weighted by Gasteiger charge is 2.34. The van der Waals surface area contributed by atoms with Crippen LogP contribution in [0.4, 0.5) is 0 Å². The second-order valence-electron chi connectivity index (χ2n) is 5.79. The lowest BCUT2D eigenvalue weighted by Crippen LogP contribution is -2.23. The Balaban J connectivity index is 1.90. The molecule has 1 nitrogen and oxygen atoms in total. The number of hydrogen-bond acceptors (Lipinski definition) is 1. The molecule has 0 radical (unpaired) electrons. The Morgan fingerprint density at radius 2 is 1.73 bits per heavy atom. The van der Waals surface area contributed by atoms with Crippen molar-refractivity contribution >= 4 is 56.4 Å². The molecule has 0 saturated carbocycles. The standard InChI is InChI=1S/C17H13BrCl3N/c1-17(11-5-12(19)7-13(20)6-11)8-16(22-9-17)10-2-3-14(18)15(21)4-10/h2-7H,8-9H2,1H3. The van der Waals surface area contributed by atoms with E-state index in [1.807, 2.05) is 30.3 Å². The quantitative estimate of drug-likeness (QED) is 0.525. The summed E-state index contributed by atoms with van der Waals surface area (Å²) in [6.07, 6.45) is 0.835. The topological polar surface area (TPSA) is 12.4 Å². The number of hydrogen-bond donors (Lipinski definition) is 0. The molecule has 0 bridgehead atoms. The molecule has 22 heavy (non-hydrogen) atoms. The predicted octanol–water partition coefficient (Wildman–Crippen LogP) is 6.56. The van der Waals surface area contributed by atoms with Crippen molar-refractivity contribution in [2.24, 2.45) is 4.99 Å². The first-order valence-electron chi connectivity index (χ1n) is 6.83. The number of rotatable bonds is 2. The second kappa shape index (κ2) is 6.16. The summed E-state index contributed by atoms with van der Waals surface area (Å²) in [5.74, 6) is 0. The van der Waals surface area contributed by atoms with E-state index in [0.717, 1.165) is 27.7 Å².